The van der Waals surface area contributed by atoms with Crippen LogP contribution < -0.4 is 5.32 Å². The maximum Gasteiger partial charge on any atom is 0.253 e. The Morgan fingerprint density at radius 2 is 1.83 bits per heavy atom. The fourth-order valence-electron chi connectivity index (χ4n) is 2.87. The zero-order chi connectivity index (χ0) is 17.7. The molecule has 0 saturated carbocycles. The van der Waals surface area contributed by atoms with E-state index in [1.54, 1.807) is 13.0 Å². The molecule has 5 heteroatoms. The predicted octanol–water partition coefficient (Wildman–Crippen LogP) is 2.66. The lowest BCUT2D eigenvalue weighted by Gasteiger charge is -2.30. The quantitative estimate of drug-likeness (QED) is 0.783. The molecule has 0 saturated heterocycles. The number of hydrogen-bond acceptors (Lipinski definition) is 3. The van der Waals surface area contributed by atoms with Crippen LogP contribution in [0.25, 0.3) is 0 Å². The van der Waals surface area contributed by atoms with E-state index in [0.29, 0.717) is 18.8 Å². The van der Waals surface area contributed by atoms with Gasteiger partial charge in [-0.15, -0.1) is 0 Å². The fraction of sp³-hybridized carbons (Fsp3) is 0.722. The number of carbonyl (C=O) groups excluding carboxylic acids is 3. The summed E-state index contributed by atoms with van der Waals surface area (Å²) >= 11 is 0. The van der Waals surface area contributed by atoms with Crippen molar-refractivity contribution in [2.75, 3.05) is 0 Å². The van der Waals surface area contributed by atoms with Gasteiger partial charge < -0.3 is 5.32 Å². The molecule has 0 aromatic carbocycles. The topological polar surface area (TPSA) is 66.5 Å². The summed E-state index contributed by atoms with van der Waals surface area (Å²) in [6.07, 6.45) is 3.14. The van der Waals surface area contributed by atoms with E-state index >= 15 is 0 Å². The molecule has 23 heavy (non-hydrogen) atoms. The summed E-state index contributed by atoms with van der Waals surface area (Å²) in [6, 6.07) is -0.830. The highest BCUT2D eigenvalue weighted by Crippen LogP contribution is 2.26. The Balaban J connectivity index is 2.99. The predicted molar refractivity (Wildman–Crippen MR) is 90.5 cm³/mol. The molecule has 0 aromatic heterocycles. The van der Waals surface area contributed by atoms with Crippen LogP contribution in [0.15, 0.2) is 11.6 Å². The Morgan fingerprint density at radius 1 is 1.22 bits per heavy atom. The maximum absolute atomic E-state index is 12.9. The van der Waals surface area contributed by atoms with Crippen LogP contribution in [-0.4, -0.2) is 34.7 Å². The van der Waals surface area contributed by atoms with Gasteiger partial charge in [-0.1, -0.05) is 34.6 Å². The third-order valence-electron chi connectivity index (χ3n) is 4.02. The van der Waals surface area contributed by atoms with Gasteiger partial charge in [0, 0.05) is 12.5 Å². The van der Waals surface area contributed by atoms with E-state index in [4.69, 9.17) is 0 Å². The van der Waals surface area contributed by atoms with Gasteiger partial charge in [0.15, 0.2) is 0 Å². The van der Waals surface area contributed by atoms with Gasteiger partial charge in [0.1, 0.15) is 6.04 Å². The van der Waals surface area contributed by atoms with Gasteiger partial charge in [0.25, 0.3) is 11.8 Å². The molecule has 2 unspecified atom stereocenters. The molecule has 5 nitrogen and oxygen atoms in total. The molecule has 0 aliphatic carbocycles. The number of carbonyl (C=O) groups is 3. The van der Waals surface area contributed by atoms with E-state index in [1.165, 1.54) is 4.90 Å². The van der Waals surface area contributed by atoms with Crippen LogP contribution >= 0.6 is 0 Å². The summed E-state index contributed by atoms with van der Waals surface area (Å²) in [5.74, 6) is -0.0996. The minimum atomic E-state index is -0.639. The molecule has 0 fully saturated rings. The summed E-state index contributed by atoms with van der Waals surface area (Å²) in [7, 11) is 0. The van der Waals surface area contributed by atoms with Gasteiger partial charge in [-0.05, 0) is 37.2 Å². The molecule has 0 aromatic rings. The summed E-state index contributed by atoms with van der Waals surface area (Å²) < 4.78 is 0. The summed E-state index contributed by atoms with van der Waals surface area (Å²) in [6.45, 7) is 11.8. The minimum Gasteiger partial charge on any atom is -0.344 e. The third-order valence-corrected chi connectivity index (χ3v) is 4.02. The normalized spacial score (nSPS) is 19.3. The standard InChI is InChI=1S/C18H30N2O3/c1-7-16(21)19-14(8-11(2)3)18(23)20-15(9-12(4)5)13(6)10-17(20)22/h10-12,14-15H,7-9H2,1-6H3,(H,19,21). The number of amides is 3. The molecule has 2 atom stereocenters. The molecule has 0 spiro atoms. The van der Waals surface area contributed by atoms with Gasteiger partial charge in [0.2, 0.25) is 5.91 Å². The Bertz CT molecular complexity index is 494. The van der Waals surface area contributed by atoms with Crippen LogP contribution in [0.5, 0.6) is 0 Å². The van der Waals surface area contributed by atoms with Crippen LogP contribution in [0, 0.1) is 11.8 Å². The number of rotatable bonds is 7. The zero-order valence-corrected chi connectivity index (χ0v) is 15.2. The van der Waals surface area contributed by atoms with Crippen molar-refractivity contribution >= 4 is 17.7 Å². The average molecular weight is 322 g/mol. The molecule has 1 heterocycles. The number of nitrogens with zero attached hydrogens (tertiary/aromatic N) is 1. The smallest absolute Gasteiger partial charge is 0.253 e. The number of hydrogen-bond donors (Lipinski definition) is 1. The number of nitrogens with one attached hydrogen (secondary N) is 1. The van der Waals surface area contributed by atoms with Gasteiger partial charge in [0.05, 0.1) is 6.04 Å². The SMILES string of the molecule is CCC(=O)NC(CC(C)C)C(=O)N1C(=O)C=C(C)C1CC(C)C. The first-order valence-electron chi connectivity index (χ1n) is 8.51. The van der Waals surface area contributed by atoms with Crippen LogP contribution in [0.1, 0.15) is 60.8 Å². The van der Waals surface area contributed by atoms with Crippen LogP contribution in [0.3, 0.4) is 0 Å². The molecule has 130 valence electrons. The van der Waals surface area contributed by atoms with E-state index in [0.717, 1.165) is 12.0 Å². The second-order valence-electron chi connectivity index (χ2n) is 7.18. The van der Waals surface area contributed by atoms with Crippen molar-refractivity contribution < 1.29 is 14.4 Å². The molecular weight excluding hydrogens is 292 g/mol. The number of imide groups is 1. The van der Waals surface area contributed by atoms with Crippen molar-refractivity contribution in [3.8, 4) is 0 Å². The molecular formula is C18H30N2O3. The van der Waals surface area contributed by atoms with Crippen molar-refractivity contribution in [3.05, 3.63) is 11.6 Å². The van der Waals surface area contributed by atoms with E-state index < -0.39 is 6.04 Å². The minimum absolute atomic E-state index is 0.166. The Labute approximate surface area is 139 Å². The first-order valence-corrected chi connectivity index (χ1v) is 8.51. The van der Waals surface area contributed by atoms with E-state index in [-0.39, 0.29) is 29.7 Å². The molecule has 1 N–H and O–H groups in total. The molecule has 1 rings (SSSR count). The highest BCUT2D eigenvalue weighted by Gasteiger charge is 2.39. The second kappa shape index (κ2) is 8.27. The van der Waals surface area contributed by atoms with Crippen molar-refractivity contribution in [2.24, 2.45) is 11.8 Å². The highest BCUT2D eigenvalue weighted by atomic mass is 16.2. The van der Waals surface area contributed by atoms with E-state index in [1.807, 2.05) is 20.8 Å². The van der Waals surface area contributed by atoms with Gasteiger partial charge in [-0.3, -0.25) is 19.3 Å². The highest BCUT2D eigenvalue weighted by molar-refractivity contribution is 6.06. The molecule has 1 aliphatic rings. The summed E-state index contributed by atoms with van der Waals surface area (Å²) in [4.78, 5) is 38.3. The van der Waals surface area contributed by atoms with Crippen LogP contribution in [0.2, 0.25) is 0 Å². The van der Waals surface area contributed by atoms with Crippen molar-refractivity contribution in [2.45, 2.75) is 72.9 Å². The lowest BCUT2D eigenvalue weighted by atomic mass is 9.97. The Morgan fingerprint density at radius 3 is 2.30 bits per heavy atom. The van der Waals surface area contributed by atoms with Gasteiger partial charge in [-0.25, -0.2) is 0 Å². The van der Waals surface area contributed by atoms with Gasteiger partial charge in [-0.2, -0.15) is 0 Å². The second-order valence-corrected chi connectivity index (χ2v) is 7.18. The van der Waals surface area contributed by atoms with Crippen molar-refractivity contribution in [1.29, 1.82) is 0 Å². The molecule has 3 amide bonds. The monoisotopic (exact) mass is 322 g/mol. The maximum atomic E-state index is 12.9. The molecule has 0 radical (unpaired) electrons. The lowest BCUT2D eigenvalue weighted by Crippen LogP contribution is -2.52. The van der Waals surface area contributed by atoms with E-state index in [2.05, 4.69) is 19.2 Å². The van der Waals surface area contributed by atoms with E-state index in [9.17, 15) is 14.4 Å². The third kappa shape index (κ3) is 5.19. The van der Waals surface area contributed by atoms with Crippen LogP contribution in [0.4, 0.5) is 0 Å². The first-order chi connectivity index (χ1) is 10.7. The van der Waals surface area contributed by atoms with Crippen molar-refractivity contribution in [3.63, 3.8) is 0 Å². The Kier molecular flexibility index (Phi) is 6.98. The van der Waals surface area contributed by atoms with Gasteiger partial charge >= 0.3 is 0 Å². The summed E-state index contributed by atoms with van der Waals surface area (Å²) in [5.41, 5.74) is 0.919. The Hall–Kier alpha value is -1.65. The molecule has 0 bridgehead atoms. The van der Waals surface area contributed by atoms with Crippen molar-refractivity contribution in [1.82, 2.24) is 10.2 Å². The van der Waals surface area contributed by atoms with Crippen LogP contribution in [-0.2, 0) is 14.4 Å². The first kappa shape index (κ1) is 19.4. The lowest BCUT2D eigenvalue weighted by molar-refractivity contribution is -0.146. The summed E-state index contributed by atoms with van der Waals surface area (Å²) in [5, 5.41) is 2.78. The zero-order valence-electron chi connectivity index (χ0n) is 15.2. The fourth-order valence-corrected chi connectivity index (χ4v) is 2.87. The average Bonchev–Trinajstić information content (AvgIpc) is 2.70. The largest absolute Gasteiger partial charge is 0.344 e. The molecule has 1 aliphatic heterocycles.